The third kappa shape index (κ3) is 5.81. The van der Waals surface area contributed by atoms with Crippen molar-refractivity contribution >= 4 is 51.4 Å². The smallest absolute Gasteiger partial charge is 0.343 e. The zero-order valence-corrected chi connectivity index (χ0v) is 18.8. The van der Waals surface area contributed by atoms with Crippen molar-refractivity contribution in [1.82, 2.24) is 10.4 Å². The Hall–Kier alpha value is -3.49. The van der Waals surface area contributed by atoms with E-state index in [2.05, 4.69) is 15.5 Å². The average molecular weight is 462 g/mol. The van der Waals surface area contributed by atoms with E-state index in [9.17, 15) is 9.59 Å². The van der Waals surface area contributed by atoms with Crippen LogP contribution < -0.4 is 10.2 Å². The summed E-state index contributed by atoms with van der Waals surface area (Å²) in [6.45, 7) is 1.95. The summed E-state index contributed by atoms with van der Waals surface area (Å²) in [7, 11) is 0. The summed E-state index contributed by atoms with van der Waals surface area (Å²) < 4.78 is 7.36. The van der Waals surface area contributed by atoms with Gasteiger partial charge in [-0.1, -0.05) is 53.7 Å². The second-order valence-electron chi connectivity index (χ2n) is 6.86. The molecule has 1 amide bonds. The molecule has 0 aliphatic carbocycles. The van der Waals surface area contributed by atoms with E-state index in [1.165, 1.54) is 18.0 Å². The molecular weight excluding hydrogens is 442 g/mol. The number of carbonyl (C=O) groups is 2. The monoisotopic (exact) mass is 461 g/mol. The lowest BCUT2D eigenvalue weighted by Gasteiger charge is -2.05. The van der Waals surface area contributed by atoms with Crippen molar-refractivity contribution in [2.45, 2.75) is 11.3 Å². The molecule has 6 nitrogen and oxygen atoms in total. The number of para-hydroxylation sites is 1. The molecular formula is C24H19N3O3S2. The summed E-state index contributed by atoms with van der Waals surface area (Å²) >= 11 is 2.93. The lowest BCUT2D eigenvalue weighted by atomic mass is 10.1. The number of esters is 1. The number of rotatable bonds is 7. The van der Waals surface area contributed by atoms with Crippen molar-refractivity contribution in [2.75, 3.05) is 5.75 Å². The Bertz CT molecular complexity index is 1250. The van der Waals surface area contributed by atoms with Gasteiger partial charge in [-0.05, 0) is 48.9 Å². The predicted molar refractivity (Wildman–Crippen MR) is 129 cm³/mol. The van der Waals surface area contributed by atoms with E-state index in [1.54, 1.807) is 47.7 Å². The zero-order chi connectivity index (χ0) is 22.3. The summed E-state index contributed by atoms with van der Waals surface area (Å²) in [5.41, 5.74) is 5.68. The molecule has 0 saturated carbocycles. The number of thioether (sulfide) groups is 1. The molecule has 32 heavy (non-hydrogen) atoms. The van der Waals surface area contributed by atoms with Gasteiger partial charge in [0, 0.05) is 0 Å². The molecule has 4 rings (SSSR count). The van der Waals surface area contributed by atoms with Crippen molar-refractivity contribution < 1.29 is 14.3 Å². The van der Waals surface area contributed by atoms with E-state index < -0.39 is 5.97 Å². The van der Waals surface area contributed by atoms with Crippen LogP contribution in [-0.2, 0) is 4.79 Å². The number of carbonyl (C=O) groups excluding carboxylic acids is 2. The van der Waals surface area contributed by atoms with Crippen LogP contribution in [0.25, 0.3) is 10.2 Å². The Morgan fingerprint density at radius 1 is 1.09 bits per heavy atom. The first-order valence-electron chi connectivity index (χ1n) is 9.76. The minimum absolute atomic E-state index is 0.214. The lowest BCUT2D eigenvalue weighted by molar-refractivity contribution is -0.118. The Morgan fingerprint density at radius 3 is 2.72 bits per heavy atom. The number of hydrogen-bond donors (Lipinski definition) is 1. The van der Waals surface area contributed by atoms with E-state index in [0.717, 1.165) is 20.1 Å². The highest BCUT2D eigenvalue weighted by Crippen LogP contribution is 2.29. The topological polar surface area (TPSA) is 80.6 Å². The molecule has 0 atom stereocenters. The molecule has 8 heteroatoms. The Balaban J connectivity index is 1.28. The number of benzene rings is 3. The number of nitrogens with one attached hydrogen (secondary N) is 1. The van der Waals surface area contributed by atoms with E-state index in [-0.39, 0.29) is 11.7 Å². The first-order chi connectivity index (χ1) is 15.6. The normalized spacial score (nSPS) is 11.0. The molecule has 1 N–H and O–H groups in total. The molecule has 0 unspecified atom stereocenters. The molecule has 0 aliphatic rings. The van der Waals surface area contributed by atoms with Gasteiger partial charge in [-0.3, -0.25) is 4.79 Å². The van der Waals surface area contributed by atoms with Crippen LogP contribution >= 0.6 is 23.1 Å². The summed E-state index contributed by atoms with van der Waals surface area (Å²) in [4.78, 5) is 28.8. The largest absolute Gasteiger partial charge is 0.423 e. The molecule has 160 valence electrons. The highest BCUT2D eigenvalue weighted by Gasteiger charge is 2.09. The number of fused-ring (bicyclic) bond motifs is 1. The SMILES string of the molecule is Cc1ccc(C(=O)Oc2cccc(/C=N\NC(=O)CSc3nc4ccccc4s3)c2)cc1. The van der Waals surface area contributed by atoms with Crippen LogP contribution in [0.2, 0.25) is 0 Å². The van der Waals surface area contributed by atoms with E-state index in [1.807, 2.05) is 43.3 Å². The highest BCUT2D eigenvalue weighted by atomic mass is 32.2. The van der Waals surface area contributed by atoms with Crippen LogP contribution in [0.1, 0.15) is 21.5 Å². The molecule has 0 spiro atoms. The van der Waals surface area contributed by atoms with Crippen molar-refractivity contribution in [2.24, 2.45) is 5.10 Å². The molecule has 1 aromatic heterocycles. The molecule has 3 aromatic carbocycles. The first-order valence-corrected chi connectivity index (χ1v) is 11.6. The number of hydrogen-bond acceptors (Lipinski definition) is 7. The molecule has 0 fully saturated rings. The maximum atomic E-state index is 12.3. The zero-order valence-electron chi connectivity index (χ0n) is 17.1. The summed E-state index contributed by atoms with van der Waals surface area (Å²) in [6.07, 6.45) is 1.50. The van der Waals surface area contributed by atoms with Crippen molar-refractivity contribution in [3.05, 3.63) is 89.5 Å². The quantitative estimate of drug-likeness (QED) is 0.137. The van der Waals surface area contributed by atoms with Crippen LogP contribution in [0.4, 0.5) is 0 Å². The van der Waals surface area contributed by atoms with Gasteiger partial charge < -0.3 is 4.74 Å². The lowest BCUT2D eigenvalue weighted by Crippen LogP contribution is -2.19. The third-order valence-electron chi connectivity index (χ3n) is 4.36. The minimum Gasteiger partial charge on any atom is -0.423 e. The van der Waals surface area contributed by atoms with Crippen molar-refractivity contribution in [3.8, 4) is 5.75 Å². The number of hydrazone groups is 1. The fraction of sp³-hybridized carbons (Fsp3) is 0.0833. The Labute approximate surface area is 193 Å². The first kappa shape index (κ1) is 21.7. The number of ether oxygens (including phenoxy) is 1. The van der Waals surface area contributed by atoms with Gasteiger partial charge in [0.25, 0.3) is 5.91 Å². The van der Waals surface area contributed by atoms with Gasteiger partial charge in [-0.2, -0.15) is 5.10 Å². The molecule has 0 radical (unpaired) electrons. The number of thiazole rings is 1. The second kappa shape index (κ2) is 10.2. The van der Waals surface area contributed by atoms with Crippen LogP contribution in [-0.4, -0.2) is 28.8 Å². The predicted octanol–water partition coefficient (Wildman–Crippen LogP) is 5.07. The van der Waals surface area contributed by atoms with Crippen LogP contribution in [0.15, 0.2) is 82.2 Å². The van der Waals surface area contributed by atoms with Gasteiger partial charge in [-0.15, -0.1) is 11.3 Å². The molecule has 1 heterocycles. The Kier molecular flexibility index (Phi) is 6.94. The fourth-order valence-corrected chi connectivity index (χ4v) is 4.63. The maximum absolute atomic E-state index is 12.3. The van der Waals surface area contributed by atoms with Crippen molar-refractivity contribution in [3.63, 3.8) is 0 Å². The minimum atomic E-state index is -0.431. The molecule has 4 aromatic rings. The number of nitrogens with zero attached hydrogens (tertiary/aromatic N) is 2. The van der Waals surface area contributed by atoms with Gasteiger partial charge in [0.1, 0.15) is 5.75 Å². The van der Waals surface area contributed by atoms with Gasteiger partial charge >= 0.3 is 5.97 Å². The van der Waals surface area contributed by atoms with E-state index in [0.29, 0.717) is 16.9 Å². The Morgan fingerprint density at radius 2 is 1.91 bits per heavy atom. The highest BCUT2D eigenvalue weighted by molar-refractivity contribution is 8.01. The van der Waals surface area contributed by atoms with E-state index in [4.69, 9.17) is 4.74 Å². The van der Waals surface area contributed by atoms with Gasteiger partial charge in [0.2, 0.25) is 0 Å². The van der Waals surface area contributed by atoms with Crippen LogP contribution in [0.3, 0.4) is 0 Å². The van der Waals surface area contributed by atoms with E-state index >= 15 is 0 Å². The fourth-order valence-electron chi connectivity index (χ4n) is 2.77. The molecule has 0 bridgehead atoms. The third-order valence-corrected chi connectivity index (χ3v) is 6.54. The summed E-state index contributed by atoms with van der Waals surface area (Å²) in [5.74, 6) is -0.0466. The number of amides is 1. The average Bonchev–Trinajstić information content (AvgIpc) is 3.21. The van der Waals surface area contributed by atoms with Gasteiger partial charge in [0.15, 0.2) is 4.34 Å². The van der Waals surface area contributed by atoms with Gasteiger partial charge in [-0.25, -0.2) is 15.2 Å². The summed E-state index contributed by atoms with van der Waals surface area (Å²) in [6, 6.07) is 22.0. The number of aromatic nitrogens is 1. The molecule has 0 aliphatic heterocycles. The van der Waals surface area contributed by atoms with Crippen LogP contribution in [0, 0.1) is 6.92 Å². The second-order valence-corrected chi connectivity index (χ2v) is 9.11. The summed E-state index contributed by atoms with van der Waals surface area (Å²) in [5, 5.41) is 3.99. The van der Waals surface area contributed by atoms with Crippen molar-refractivity contribution in [1.29, 1.82) is 0 Å². The number of aryl methyl sites for hydroxylation is 1. The van der Waals surface area contributed by atoms with Gasteiger partial charge in [0.05, 0.1) is 27.7 Å². The maximum Gasteiger partial charge on any atom is 0.343 e. The molecule has 0 saturated heterocycles. The standard InChI is InChI=1S/C24H19N3O3S2/c1-16-9-11-18(12-10-16)23(29)30-19-6-4-5-17(13-19)14-25-27-22(28)15-31-24-26-20-7-2-3-8-21(20)32-24/h2-14H,15H2,1H3,(H,27,28)/b25-14-. The van der Waals surface area contributed by atoms with Crippen LogP contribution in [0.5, 0.6) is 5.75 Å².